The molecule has 9 heteroatoms. The standard InChI is InChI=1S/C12H6BrClF3N3O/c13-8-2-1-6(12(15,16)17)3-7(8)11(21)20-10-4-9(14)18-5-19-10/h1-5H,(H,18,19,20,21). The Morgan fingerprint density at radius 3 is 2.57 bits per heavy atom. The van der Waals surface area contributed by atoms with Crippen LogP contribution in [0.3, 0.4) is 0 Å². The topological polar surface area (TPSA) is 54.9 Å². The summed E-state index contributed by atoms with van der Waals surface area (Å²) >= 11 is 8.67. The molecule has 0 bridgehead atoms. The van der Waals surface area contributed by atoms with Crippen LogP contribution >= 0.6 is 27.5 Å². The molecule has 2 rings (SSSR count). The van der Waals surface area contributed by atoms with Crippen molar-refractivity contribution in [3.8, 4) is 0 Å². The third-order valence-corrected chi connectivity index (χ3v) is 3.31. The van der Waals surface area contributed by atoms with Crippen LogP contribution in [0.4, 0.5) is 19.0 Å². The normalized spacial score (nSPS) is 11.3. The van der Waals surface area contributed by atoms with E-state index in [1.54, 1.807) is 0 Å². The predicted octanol–water partition coefficient (Wildman–Crippen LogP) is 4.16. The van der Waals surface area contributed by atoms with Crippen LogP contribution in [0.1, 0.15) is 15.9 Å². The van der Waals surface area contributed by atoms with Gasteiger partial charge in [-0.25, -0.2) is 9.97 Å². The minimum atomic E-state index is -4.53. The van der Waals surface area contributed by atoms with Crippen LogP contribution in [0.5, 0.6) is 0 Å². The Bertz CT molecular complexity index is 694. The molecule has 0 saturated heterocycles. The maximum Gasteiger partial charge on any atom is 0.416 e. The van der Waals surface area contributed by atoms with Gasteiger partial charge in [0.25, 0.3) is 5.91 Å². The third kappa shape index (κ3) is 3.92. The SMILES string of the molecule is O=C(Nc1cc(Cl)ncn1)c1cc(C(F)(F)F)ccc1Br. The van der Waals surface area contributed by atoms with Crippen LogP contribution in [-0.4, -0.2) is 15.9 Å². The fourth-order valence-electron chi connectivity index (χ4n) is 1.46. The number of nitrogens with zero attached hydrogens (tertiary/aromatic N) is 2. The highest BCUT2D eigenvalue weighted by Crippen LogP contribution is 2.32. The molecule has 0 fully saturated rings. The van der Waals surface area contributed by atoms with Gasteiger partial charge in [-0.05, 0) is 34.1 Å². The molecule has 0 aliphatic carbocycles. The van der Waals surface area contributed by atoms with E-state index in [2.05, 4.69) is 31.2 Å². The molecule has 0 radical (unpaired) electrons. The number of anilines is 1. The maximum absolute atomic E-state index is 12.7. The van der Waals surface area contributed by atoms with Crippen molar-refractivity contribution in [1.82, 2.24) is 9.97 Å². The molecule has 0 unspecified atom stereocenters. The first-order valence-corrected chi connectivity index (χ1v) is 6.60. The van der Waals surface area contributed by atoms with Gasteiger partial charge in [0.15, 0.2) is 0 Å². The Morgan fingerprint density at radius 1 is 1.24 bits per heavy atom. The number of benzene rings is 1. The molecular weight excluding hydrogens is 375 g/mol. The van der Waals surface area contributed by atoms with Crippen molar-refractivity contribution in [2.75, 3.05) is 5.32 Å². The summed E-state index contributed by atoms with van der Waals surface area (Å²) in [5.74, 6) is -0.660. The van der Waals surface area contributed by atoms with Gasteiger partial charge < -0.3 is 5.32 Å². The molecule has 0 spiro atoms. The number of rotatable bonds is 2. The number of nitrogens with one attached hydrogen (secondary N) is 1. The van der Waals surface area contributed by atoms with Gasteiger partial charge in [-0.2, -0.15) is 13.2 Å². The monoisotopic (exact) mass is 379 g/mol. The number of hydrogen-bond acceptors (Lipinski definition) is 3. The highest BCUT2D eigenvalue weighted by molar-refractivity contribution is 9.10. The van der Waals surface area contributed by atoms with E-state index in [9.17, 15) is 18.0 Å². The number of carbonyl (C=O) groups is 1. The molecule has 110 valence electrons. The van der Waals surface area contributed by atoms with Crippen molar-refractivity contribution < 1.29 is 18.0 Å². The largest absolute Gasteiger partial charge is 0.416 e. The average molecular weight is 381 g/mol. The third-order valence-electron chi connectivity index (χ3n) is 2.41. The average Bonchev–Trinajstić information content (AvgIpc) is 2.37. The fraction of sp³-hybridized carbons (Fsp3) is 0.0833. The summed E-state index contributed by atoms with van der Waals surface area (Å²) in [6.07, 6.45) is -3.41. The molecule has 1 heterocycles. The van der Waals surface area contributed by atoms with Gasteiger partial charge >= 0.3 is 6.18 Å². The second kappa shape index (κ2) is 5.98. The lowest BCUT2D eigenvalue weighted by atomic mass is 10.1. The van der Waals surface area contributed by atoms with Gasteiger partial charge in [-0.3, -0.25) is 4.79 Å². The van der Waals surface area contributed by atoms with Gasteiger partial charge in [0, 0.05) is 10.5 Å². The van der Waals surface area contributed by atoms with E-state index in [0.717, 1.165) is 24.5 Å². The summed E-state index contributed by atoms with van der Waals surface area (Å²) < 4.78 is 38.2. The lowest BCUT2D eigenvalue weighted by Gasteiger charge is -2.10. The highest BCUT2D eigenvalue weighted by Gasteiger charge is 2.31. The first-order valence-electron chi connectivity index (χ1n) is 5.43. The van der Waals surface area contributed by atoms with Gasteiger partial charge in [-0.15, -0.1) is 0 Å². The van der Waals surface area contributed by atoms with Crippen molar-refractivity contribution in [3.05, 3.63) is 51.3 Å². The molecule has 1 N–H and O–H groups in total. The summed E-state index contributed by atoms with van der Waals surface area (Å²) in [7, 11) is 0. The minimum absolute atomic E-state index is 0.0873. The zero-order valence-corrected chi connectivity index (χ0v) is 12.4. The number of amides is 1. The van der Waals surface area contributed by atoms with Gasteiger partial charge in [0.2, 0.25) is 0 Å². The quantitative estimate of drug-likeness (QED) is 0.796. The van der Waals surface area contributed by atoms with E-state index < -0.39 is 17.6 Å². The molecule has 4 nitrogen and oxygen atoms in total. The second-order valence-electron chi connectivity index (χ2n) is 3.87. The van der Waals surface area contributed by atoms with Gasteiger partial charge in [-0.1, -0.05) is 11.6 Å². The summed E-state index contributed by atoms with van der Waals surface area (Å²) in [5, 5.41) is 2.45. The number of halogens is 5. The van der Waals surface area contributed by atoms with Gasteiger partial charge in [0.1, 0.15) is 17.3 Å². The molecule has 0 aliphatic rings. The van der Waals surface area contributed by atoms with Crippen molar-refractivity contribution in [1.29, 1.82) is 0 Å². The lowest BCUT2D eigenvalue weighted by molar-refractivity contribution is -0.137. The Kier molecular flexibility index (Phi) is 4.48. The van der Waals surface area contributed by atoms with Gasteiger partial charge in [0.05, 0.1) is 11.1 Å². The summed E-state index contributed by atoms with van der Waals surface area (Å²) in [5.41, 5.74) is -1.09. The number of aromatic nitrogens is 2. The first kappa shape index (κ1) is 15.7. The molecule has 0 saturated carbocycles. The molecule has 21 heavy (non-hydrogen) atoms. The van der Waals surface area contributed by atoms with Crippen molar-refractivity contribution in [2.24, 2.45) is 0 Å². The van der Waals surface area contributed by atoms with E-state index in [4.69, 9.17) is 11.6 Å². The van der Waals surface area contributed by atoms with E-state index >= 15 is 0 Å². The van der Waals surface area contributed by atoms with Crippen molar-refractivity contribution in [3.63, 3.8) is 0 Å². The molecule has 1 amide bonds. The zero-order valence-electron chi connectivity index (χ0n) is 10.1. The summed E-state index contributed by atoms with van der Waals surface area (Å²) in [6, 6.07) is 4.07. The van der Waals surface area contributed by atoms with Crippen molar-refractivity contribution in [2.45, 2.75) is 6.18 Å². The molecule has 0 atom stereocenters. The second-order valence-corrected chi connectivity index (χ2v) is 5.11. The Morgan fingerprint density at radius 2 is 1.95 bits per heavy atom. The number of carbonyl (C=O) groups excluding carboxylic acids is 1. The first-order chi connectivity index (χ1) is 9.77. The molecular formula is C12H6BrClF3N3O. The van der Waals surface area contributed by atoms with Crippen LogP contribution in [0.2, 0.25) is 5.15 Å². The van der Waals surface area contributed by atoms with Crippen LogP contribution in [0.15, 0.2) is 35.1 Å². The smallest absolute Gasteiger partial charge is 0.306 e. The summed E-state index contributed by atoms with van der Waals surface area (Å²) in [6.45, 7) is 0. The minimum Gasteiger partial charge on any atom is -0.306 e. The number of alkyl halides is 3. The van der Waals surface area contributed by atoms with E-state index in [-0.39, 0.29) is 21.0 Å². The predicted molar refractivity (Wildman–Crippen MR) is 74.1 cm³/mol. The Labute approximate surface area is 130 Å². The molecule has 2 aromatic rings. The van der Waals surface area contributed by atoms with E-state index in [1.165, 1.54) is 6.07 Å². The van der Waals surface area contributed by atoms with E-state index in [1.807, 2.05) is 0 Å². The maximum atomic E-state index is 12.7. The fourth-order valence-corrected chi connectivity index (χ4v) is 2.03. The Hall–Kier alpha value is -1.67. The van der Waals surface area contributed by atoms with Crippen LogP contribution in [0, 0.1) is 0 Å². The molecule has 1 aromatic carbocycles. The zero-order chi connectivity index (χ0) is 15.6. The van der Waals surface area contributed by atoms with E-state index in [0.29, 0.717) is 0 Å². The van der Waals surface area contributed by atoms with Crippen LogP contribution < -0.4 is 5.32 Å². The van der Waals surface area contributed by atoms with Crippen molar-refractivity contribution >= 4 is 39.3 Å². The summed E-state index contributed by atoms with van der Waals surface area (Å²) in [4.78, 5) is 19.4. The Balaban J connectivity index is 2.31. The molecule has 1 aromatic heterocycles. The number of hydrogen-bond donors (Lipinski definition) is 1. The molecule has 0 aliphatic heterocycles. The van der Waals surface area contributed by atoms with Crippen LogP contribution in [0.25, 0.3) is 0 Å². The lowest BCUT2D eigenvalue weighted by Crippen LogP contribution is -2.15. The van der Waals surface area contributed by atoms with Crippen LogP contribution in [-0.2, 0) is 6.18 Å². The highest BCUT2D eigenvalue weighted by atomic mass is 79.9.